The van der Waals surface area contributed by atoms with Gasteiger partial charge in [-0.05, 0) is 18.6 Å². The van der Waals surface area contributed by atoms with Gasteiger partial charge < -0.3 is 4.98 Å². The summed E-state index contributed by atoms with van der Waals surface area (Å²) in [5.74, 6) is 0.171. The van der Waals surface area contributed by atoms with Crippen molar-refractivity contribution in [1.82, 2.24) is 4.98 Å². The van der Waals surface area contributed by atoms with Crippen molar-refractivity contribution in [1.29, 1.82) is 0 Å². The van der Waals surface area contributed by atoms with Crippen LogP contribution in [-0.2, 0) is 0 Å². The summed E-state index contributed by atoms with van der Waals surface area (Å²) in [4.78, 5) is 14.8. The molecule has 1 heterocycles. The van der Waals surface area contributed by atoms with Crippen molar-refractivity contribution in [3.63, 3.8) is 0 Å². The van der Waals surface area contributed by atoms with Gasteiger partial charge in [-0.25, -0.2) is 0 Å². The topological polar surface area (TPSA) is 32.9 Å². The molecule has 0 aliphatic rings. The average molecular weight is 186 g/mol. The van der Waals surface area contributed by atoms with Gasteiger partial charge >= 0.3 is 0 Å². The van der Waals surface area contributed by atoms with Crippen molar-refractivity contribution >= 4 is 16.7 Å². The molecular formula is C12H12NO. The average Bonchev–Trinajstić information content (AvgIpc) is 2.65. The zero-order chi connectivity index (χ0) is 9.97. The Bertz CT molecular complexity index is 456. The van der Waals surface area contributed by atoms with Gasteiger partial charge in [-0.2, -0.15) is 0 Å². The maximum absolute atomic E-state index is 11.7. The lowest BCUT2D eigenvalue weighted by molar-refractivity contribution is 0.0985. The Morgan fingerprint density at radius 3 is 3.00 bits per heavy atom. The Balaban J connectivity index is 2.50. The second kappa shape index (κ2) is 3.66. The SMILES string of the molecule is [CH2]CCC(=O)c1cccc2[nH]ccc12. The zero-order valence-electron chi connectivity index (χ0n) is 7.92. The number of ketones is 1. The molecule has 2 heteroatoms. The smallest absolute Gasteiger partial charge is 0.163 e. The number of Topliss-reactive ketones (excluding diaryl/α,β-unsaturated/α-hetero) is 1. The standard InChI is InChI=1S/C12H12NO/c1-2-4-12(14)10-5-3-6-11-9(10)7-8-13-11/h3,5-8,13H,1-2,4H2. The first-order valence-corrected chi connectivity index (χ1v) is 4.71. The summed E-state index contributed by atoms with van der Waals surface area (Å²) in [6.45, 7) is 3.69. The Hall–Kier alpha value is -1.57. The van der Waals surface area contributed by atoms with E-state index in [4.69, 9.17) is 0 Å². The molecule has 2 aromatic rings. The molecule has 0 saturated heterocycles. The van der Waals surface area contributed by atoms with Crippen molar-refractivity contribution in [3.8, 4) is 0 Å². The normalized spacial score (nSPS) is 10.6. The molecular weight excluding hydrogens is 174 g/mol. The van der Waals surface area contributed by atoms with E-state index in [1.807, 2.05) is 30.5 Å². The molecule has 0 unspecified atom stereocenters. The van der Waals surface area contributed by atoms with Crippen LogP contribution in [0.15, 0.2) is 30.5 Å². The number of aromatic amines is 1. The van der Waals surface area contributed by atoms with Gasteiger partial charge in [0.05, 0.1) is 0 Å². The number of nitrogens with one attached hydrogen (secondary N) is 1. The van der Waals surface area contributed by atoms with Crippen molar-refractivity contribution in [3.05, 3.63) is 42.9 Å². The second-order valence-corrected chi connectivity index (χ2v) is 3.27. The summed E-state index contributed by atoms with van der Waals surface area (Å²) in [7, 11) is 0. The molecule has 1 N–H and O–H groups in total. The number of carbonyl (C=O) groups excluding carboxylic acids is 1. The van der Waals surface area contributed by atoms with E-state index in [1.165, 1.54) is 0 Å². The fourth-order valence-corrected chi connectivity index (χ4v) is 1.62. The van der Waals surface area contributed by atoms with E-state index < -0.39 is 0 Å². The lowest BCUT2D eigenvalue weighted by Crippen LogP contribution is -1.98. The van der Waals surface area contributed by atoms with E-state index in [2.05, 4.69) is 11.9 Å². The predicted octanol–water partition coefficient (Wildman–Crippen LogP) is 2.96. The fourth-order valence-electron chi connectivity index (χ4n) is 1.62. The molecule has 0 fully saturated rings. The van der Waals surface area contributed by atoms with Crippen LogP contribution < -0.4 is 0 Å². The molecule has 0 spiro atoms. The lowest BCUT2D eigenvalue weighted by atomic mass is 10.0. The molecule has 0 bridgehead atoms. The molecule has 0 saturated carbocycles. The van der Waals surface area contributed by atoms with Crippen LogP contribution in [0.4, 0.5) is 0 Å². The van der Waals surface area contributed by atoms with Crippen LogP contribution in [0.3, 0.4) is 0 Å². The third-order valence-corrected chi connectivity index (χ3v) is 2.30. The first-order valence-electron chi connectivity index (χ1n) is 4.71. The van der Waals surface area contributed by atoms with Crippen molar-refractivity contribution in [2.75, 3.05) is 0 Å². The Labute approximate surface area is 82.9 Å². The van der Waals surface area contributed by atoms with E-state index in [0.29, 0.717) is 12.8 Å². The Kier molecular flexibility index (Phi) is 2.35. The summed E-state index contributed by atoms with van der Waals surface area (Å²) in [6, 6.07) is 7.67. The molecule has 1 radical (unpaired) electrons. The van der Waals surface area contributed by atoms with Gasteiger partial charge in [-0.1, -0.05) is 19.1 Å². The van der Waals surface area contributed by atoms with Gasteiger partial charge in [0, 0.05) is 29.1 Å². The van der Waals surface area contributed by atoms with Crippen molar-refractivity contribution in [2.24, 2.45) is 0 Å². The maximum atomic E-state index is 11.7. The predicted molar refractivity (Wildman–Crippen MR) is 57.2 cm³/mol. The summed E-state index contributed by atoms with van der Waals surface area (Å²) < 4.78 is 0. The van der Waals surface area contributed by atoms with E-state index >= 15 is 0 Å². The maximum Gasteiger partial charge on any atom is 0.163 e. The van der Waals surface area contributed by atoms with Crippen LogP contribution in [0.5, 0.6) is 0 Å². The number of H-pyrrole nitrogens is 1. The van der Waals surface area contributed by atoms with Gasteiger partial charge in [-0.15, -0.1) is 0 Å². The van der Waals surface area contributed by atoms with Gasteiger partial charge in [0.15, 0.2) is 5.78 Å². The van der Waals surface area contributed by atoms with E-state index in [1.54, 1.807) is 0 Å². The first-order chi connectivity index (χ1) is 6.83. The third-order valence-electron chi connectivity index (χ3n) is 2.30. The quantitative estimate of drug-likeness (QED) is 0.734. The van der Waals surface area contributed by atoms with Gasteiger partial charge in [-0.3, -0.25) is 4.79 Å². The molecule has 1 aromatic heterocycles. The Morgan fingerprint density at radius 2 is 2.21 bits per heavy atom. The molecule has 2 nitrogen and oxygen atoms in total. The van der Waals surface area contributed by atoms with Crippen LogP contribution in [0.25, 0.3) is 10.9 Å². The number of aromatic nitrogens is 1. The van der Waals surface area contributed by atoms with Crippen LogP contribution in [0.1, 0.15) is 23.2 Å². The van der Waals surface area contributed by atoms with Crippen LogP contribution in [-0.4, -0.2) is 10.8 Å². The highest BCUT2D eigenvalue weighted by Crippen LogP contribution is 2.19. The molecule has 0 aliphatic heterocycles. The van der Waals surface area contributed by atoms with Gasteiger partial charge in [0.2, 0.25) is 0 Å². The molecule has 0 amide bonds. The van der Waals surface area contributed by atoms with E-state index in [-0.39, 0.29) is 5.78 Å². The minimum absolute atomic E-state index is 0.171. The molecule has 0 atom stereocenters. The number of hydrogen-bond acceptors (Lipinski definition) is 1. The minimum atomic E-state index is 0.171. The molecule has 2 rings (SSSR count). The van der Waals surface area contributed by atoms with Gasteiger partial charge in [0.1, 0.15) is 0 Å². The largest absolute Gasteiger partial charge is 0.361 e. The molecule has 1 aromatic carbocycles. The summed E-state index contributed by atoms with van der Waals surface area (Å²) in [5, 5.41) is 1.01. The Morgan fingerprint density at radius 1 is 1.36 bits per heavy atom. The first kappa shape index (κ1) is 9.00. The van der Waals surface area contributed by atoms with Crippen LogP contribution in [0, 0.1) is 6.92 Å². The fraction of sp³-hybridized carbons (Fsp3) is 0.167. The monoisotopic (exact) mass is 186 g/mol. The molecule has 71 valence electrons. The second-order valence-electron chi connectivity index (χ2n) is 3.27. The van der Waals surface area contributed by atoms with E-state index in [9.17, 15) is 4.79 Å². The van der Waals surface area contributed by atoms with Crippen LogP contribution in [0.2, 0.25) is 0 Å². The zero-order valence-corrected chi connectivity index (χ0v) is 7.92. The number of hydrogen-bond donors (Lipinski definition) is 1. The van der Waals surface area contributed by atoms with Crippen molar-refractivity contribution in [2.45, 2.75) is 12.8 Å². The number of benzene rings is 1. The summed E-state index contributed by atoms with van der Waals surface area (Å²) in [5.41, 5.74) is 1.81. The minimum Gasteiger partial charge on any atom is -0.361 e. The highest BCUT2D eigenvalue weighted by atomic mass is 16.1. The molecule has 0 aliphatic carbocycles. The lowest BCUT2D eigenvalue weighted by Gasteiger charge is -2.00. The summed E-state index contributed by atoms with van der Waals surface area (Å²) >= 11 is 0. The number of fused-ring (bicyclic) bond motifs is 1. The highest BCUT2D eigenvalue weighted by molar-refractivity contribution is 6.07. The molecule has 14 heavy (non-hydrogen) atoms. The van der Waals surface area contributed by atoms with Gasteiger partial charge in [0.25, 0.3) is 0 Å². The van der Waals surface area contributed by atoms with E-state index in [0.717, 1.165) is 16.5 Å². The highest BCUT2D eigenvalue weighted by Gasteiger charge is 2.08. The third kappa shape index (κ3) is 1.43. The number of carbonyl (C=O) groups is 1. The summed E-state index contributed by atoms with van der Waals surface area (Å²) in [6.07, 6.45) is 3.02. The number of rotatable bonds is 3. The van der Waals surface area contributed by atoms with Crippen molar-refractivity contribution < 1.29 is 4.79 Å². The van der Waals surface area contributed by atoms with Crippen LogP contribution >= 0.6 is 0 Å².